The van der Waals surface area contributed by atoms with E-state index in [1.54, 1.807) is 17.8 Å². The lowest BCUT2D eigenvalue weighted by Gasteiger charge is -1.96. The number of hydrogen-bond donors (Lipinski definition) is 0. The van der Waals surface area contributed by atoms with Crippen molar-refractivity contribution >= 4 is 17.5 Å². The second-order valence-corrected chi connectivity index (χ2v) is 3.86. The highest BCUT2D eigenvalue weighted by atomic mass is 32.2. The van der Waals surface area contributed by atoms with Gasteiger partial charge in [-0.2, -0.15) is 0 Å². The minimum absolute atomic E-state index is 0.192. The molecule has 5 nitrogen and oxygen atoms in total. The second-order valence-electron chi connectivity index (χ2n) is 2.76. The Bertz CT molecular complexity index is 370. The van der Waals surface area contributed by atoms with Crippen molar-refractivity contribution < 1.29 is 4.79 Å². The summed E-state index contributed by atoms with van der Waals surface area (Å²) in [5.74, 6) is 0.192. The Labute approximate surface area is 79.2 Å². The molecule has 2 rings (SSSR count). The van der Waals surface area contributed by atoms with Gasteiger partial charge >= 0.3 is 0 Å². The van der Waals surface area contributed by atoms with Gasteiger partial charge in [0.05, 0.1) is 0 Å². The highest BCUT2D eigenvalue weighted by molar-refractivity contribution is 8.03. The number of tetrazole rings is 1. The summed E-state index contributed by atoms with van der Waals surface area (Å²) >= 11 is 1.46. The van der Waals surface area contributed by atoms with Crippen molar-refractivity contribution in [3.8, 4) is 0 Å². The molecule has 0 bridgehead atoms. The molecule has 0 spiro atoms. The monoisotopic (exact) mass is 196 g/mol. The number of hydrogen-bond acceptors (Lipinski definition) is 5. The molecule has 0 radical (unpaired) electrons. The first-order valence-corrected chi connectivity index (χ1v) is 4.71. The van der Waals surface area contributed by atoms with Gasteiger partial charge in [0, 0.05) is 13.5 Å². The van der Waals surface area contributed by atoms with Crippen LogP contribution in [0.1, 0.15) is 12.8 Å². The summed E-state index contributed by atoms with van der Waals surface area (Å²) in [5.41, 5.74) is 0. The van der Waals surface area contributed by atoms with Crippen LogP contribution in [0, 0.1) is 0 Å². The van der Waals surface area contributed by atoms with Crippen LogP contribution < -0.4 is 0 Å². The average molecular weight is 196 g/mol. The standard InChI is InChI=1S/C7H8N4OS/c1-11-7(8-9-10-11)13-6-3-2-5(12)4-6/h4H,2-3H2,1H3. The Morgan fingerprint density at radius 2 is 2.38 bits per heavy atom. The number of allylic oxidation sites excluding steroid dienone is 2. The molecule has 13 heavy (non-hydrogen) atoms. The summed E-state index contributed by atoms with van der Waals surface area (Å²) in [6, 6.07) is 0. The lowest BCUT2D eigenvalue weighted by atomic mass is 10.3. The molecule has 0 saturated carbocycles. The van der Waals surface area contributed by atoms with Crippen LogP contribution in [-0.4, -0.2) is 26.0 Å². The zero-order chi connectivity index (χ0) is 9.26. The number of nitrogens with zero attached hydrogens (tertiary/aromatic N) is 4. The van der Waals surface area contributed by atoms with E-state index in [9.17, 15) is 4.79 Å². The molecule has 0 unspecified atom stereocenters. The Hall–Kier alpha value is -1.17. The van der Waals surface area contributed by atoms with E-state index >= 15 is 0 Å². The first kappa shape index (κ1) is 8.43. The van der Waals surface area contributed by atoms with Gasteiger partial charge in [0.15, 0.2) is 5.78 Å². The molecule has 0 fully saturated rings. The van der Waals surface area contributed by atoms with E-state index in [2.05, 4.69) is 15.5 Å². The van der Waals surface area contributed by atoms with Crippen LogP contribution in [0.15, 0.2) is 16.1 Å². The third-order valence-electron chi connectivity index (χ3n) is 1.74. The van der Waals surface area contributed by atoms with Crippen molar-refractivity contribution in [2.75, 3.05) is 0 Å². The number of ketones is 1. The van der Waals surface area contributed by atoms with Gasteiger partial charge in [0.1, 0.15) is 0 Å². The number of rotatable bonds is 2. The van der Waals surface area contributed by atoms with Gasteiger partial charge in [-0.05, 0) is 27.8 Å². The fourth-order valence-corrected chi connectivity index (χ4v) is 1.95. The van der Waals surface area contributed by atoms with Gasteiger partial charge in [-0.1, -0.05) is 11.8 Å². The summed E-state index contributed by atoms with van der Waals surface area (Å²) < 4.78 is 1.59. The lowest BCUT2D eigenvalue weighted by Crippen LogP contribution is -1.92. The van der Waals surface area contributed by atoms with Gasteiger partial charge < -0.3 is 0 Å². The first-order chi connectivity index (χ1) is 6.25. The molecule has 68 valence electrons. The van der Waals surface area contributed by atoms with E-state index in [1.807, 2.05) is 0 Å². The largest absolute Gasteiger partial charge is 0.295 e. The number of carbonyl (C=O) groups excluding carboxylic acids is 1. The van der Waals surface area contributed by atoms with Crippen LogP contribution in [0.25, 0.3) is 0 Å². The van der Waals surface area contributed by atoms with Gasteiger partial charge in [0.25, 0.3) is 0 Å². The van der Waals surface area contributed by atoms with E-state index in [0.29, 0.717) is 6.42 Å². The fraction of sp³-hybridized carbons (Fsp3) is 0.429. The van der Waals surface area contributed by atoms with Gasteiger partial charge in [-0.25, -0.2) is 4.68 Å². The number of carbonyl (C=O) groups is 1. The molecule has 6 heteroatoms. The minimum Gasteiger partial charge on any atom is -0.295 e. The molecular weight excluding hydrogens is 188 g/mol. The molecule has 0 atom stereocenters. The number of aromatic nitrogens is 4. The van der Waals surface area contributed by atoms with Crippen LogP contribution in [0.3, 0.4) is 0 Å². The highest BCUT2D eigenvalue weighted by Gasteiger charge is 2.15. The smallest absolute Gasteiger partial charge is 0.213 e. The van der Waals surface area contributed by atoms with Crippen LogP contribution in [0.2, 0.25) is 0 Å². The van der Waals surface area contributed by atoms with Gasteiger partial charge in [-0.3, -0.25) is 4.79 Å². The normalized spacial score (nSPS) is 16.4. The van der Waals surface area contributed by atoms with Gasteiger partial charge in [-0.15, -0.1) is 5.10 Å². The van der Waals surface area contributed by atoms with Crippen molar-refractivity contribution in [1.29, 1.82) is 0 Å². The van der Waals surface area contributed by atoms with Crippen LogP contribution in [0.5, 0.6) is 0 Å². The molecule has 1 heterocycles. The Kier molecular flexibility index (Phi) is 2.13. The van der Waals surface area contributed by atoms with E-state index in [1.165, 1.54) is 11.8 Å². The maximum absolute atomic E-state index is 10.9. The molecule has 0 aromatic carbocycles. The predicted molar refractivity (Wildman–Crippen MR) is 47.0 cm³/mol. The number of aryl methyl sites for hydroxylation is 1. The minimum atomic E-state index is 0.192. The second kappa shape index (κ2) is 3.29. The van der Waals surface area contributed by atoms with Crippen LogP contribution >= 0.6 is 11.8 Å². The molecule has 1 aliphatic rings. The molecule has 1 aliphatic carbocycles. The fourth-order valence-electron chi connectivity index (χ4n) is 1.08. The maximum atomic E-state index is 10.9. The van der Waals surface area contributed by atoms with Crippen LogP contribution in [-0.2, 0) is 11.8 Å². The highest BCUT2D eigenvalue weighted by Crippen LogP contribution is 2.30. The van der Waals surface area contributed by atoms with E-state index in [0.717, 1.165) is 16.5 Å². The maximum Gasteiger partial charge on any atom is 0.213 e. The molecule has 0 amide bonds. The summed E-state index contributed by atoms with van der Waals surface area (Å²) in [5, 5.41) is 11.8. The van der Waals surface area contributed by atoms with E-state index < -0.39 is 0 Å². The molecule has 0 aliphatic heterocycles. The molecule has 0 saturated heterocycles. The summed E-state index contributed by atoms with van der Waals surface area (Å²) in [6.45, 7) is 0. The van der Waals surface area contributed by atoms with Crippen molar-refractivity contribution in [2.45, 2.75) is 18.0 Å². The quantitative estimate of drug-likeness (QED) is 0.691. The summed E-state index contributed by atoms with van der Waals surface area (Å²) in [4.78, 5) is 12.0. The molecule has 1 aromatic rings. The molecule has 0 N–H and O–H groups in total. The van der Waals surface area contributed by atoms with Crippen LogP contribution in [0.4, 0.5) is 0 Å². The van der Waals surface area contributed by atoms with E-state index in [4.69, 9.17) is 0 Å². The summed E-state index contributed by atoms with van der Waals surface area (Å²) in [6.07, 6.45) is 3.10. The third-order valence-corrected chi connectivity index (χ3v) is 2.86. The summed E-state index contributed by atoms with van der Waals surface area (Å²) in [7, 11) is 1.78. The SMILES string of the molecule is Cn1nnnc1SC1=CC(=O)CC1. The number of thioether (sulfide) groups is 1. The van der Waals surface area contributed by atoms with Crippen molar-refractivity contribution in [3.05, 3.63) is 11.0 Å². The topological polar surface area (TPSA) is 60.7 Å². The Morgan fingerprint density at radius 1 is 1.54 bits per heavy atom. The zero-order valence-corrected chi connectivity index (χ0v) is 7.91. The van der Waals surface area contributed by atoms with Crippen molar-refractivity contribution in [2.24, 2.45) is 7.05 Å². The van der Waals surface area contributed by atoms with Crippen molar-refractivity contribution in [3.63, 3.8) is 0 Å². The first-order valence-electron chi connectivity index (χ1n) is 3.89. The van der Waals surface area contributed by atoms with Crippen molar-refractivity contribution in [1.82, 2.24) is 20.2 Å². The average Bonchev–Trinajstić information content (AvgIpc) is 2.64. The predicted octanol–water partition coefficient (Wildman–Crippen LogP) is 0.549. The lowest BCUT2D eigenvalue weighted by molar-refractivity contribution is -0.114. The van der Waals surface area contributed by atoms with E-state index in [-0.39, 0.29) is 5.78 Å². The zero-order valence-electron chi connectivity index (χ0n) is 7.10. The third kappa shape index (κ3) is 1.77. The molecular formula is C7H8N4OS. The Balaban J connectivity index is 2.11. The Morgan fingerprint density at radius 3 is 2.92 bits per heavy atom. The molecule has 1 aromatic heterocycles. The van der Waals surface area contributed by atoms with Gasteiger partial charge in [0.2, 0.25) is 5.16 Å².